The Balaban J connectivity index is 1.18. The van der Waals surface area contributed by atoms with Crippen molar-refractivity contribution in [2.45, 2.75) is 63.4 Å². The van der Waals surface area contributed by atoms with Crippen molar-refractivity contribution in [1.29, 1.82) is 0 Å². The van der Waals surface area contributed by atoms with Crippen LogP contribution in [0, 0.1) is 11.2 Å². The molecule has 1 spiro atoms. The maximum Gasteiger partial charge on any atom is 0.129 e. The molecule has 0 bridgehead atoms. The number of rotatable bonds is 10. The second-order valence-corrected chi connectivity index (χ2v) is 9.90. The molecular formula is C27H36FNO4. The Hall–Kier alpha value is -1.83. The topological polar surface area (TPSA) is 73.2 Å². The molecule has 180 valence electrons. The van der Waals surface area contributed by atoms with E-state index in [0.29, 0.717) is 25.3 Å². The van der Waals surface area contributed by atoms with Crippen LogP contribution in [0.25, 0.3) is 11.1 Å². The fourth-order valence-corrected chi connectivity index (χ4v) is 5.20. The summed E-state index contributed by atoms with van der Waals surface area (Å²) in [6.07, 6.45) is 3.04. The molecule has 6 heteroatoms. The van der Waals surface area contributed by atoms with Gasteiger partial charge in [0.25, 0.3) is 0 Å². The molecular weight excluding hydrogens is 421 g/mol. The fourth-order valence-electron chi connectivity index (χ4n) is 5.20. The van der Waals surface area contributed by atoms with E-state index in [-0.39, 0.29) is 19.0 Å². The number of aliphatic hydroxyl groups excluding tert-OH is 3. The number of aliphatic hydroxyl groups is 3. The van der Waals surface area contributed by atoms with Crippen molar-refractivity contribution < 1.29 is 24.4 Å². The van der Waals surface area contributed by atoms with Gasteiger partial charge in [-0.3, -0.25) is 4.90 Å². The summed E-state index contributed by atoms with van der Waals surface area (Å²) in [4.78, 5) is 2.04. The maximum atomic E-state index is 14.5. The molecule has 3 atom stereocenters. The fraction of sp³-hybridized carbons (Fsp3) is 0.556. The number of hydrogen-bond acceptors (Lipinski definition) is 5. The standard InChI is InChI=1S/C27H36FNO4/c1-26(19-30)25(32)27(12-13-27)24(31)17-29(26)14-6-3-7-15-33-18-22-11-10-21(16-23(22)28)20-8-4-2-5-9-20/h2,4-5,8-11,16,24-25,30-32H,3,6-7,12-15,17-19H2,1H3/t24-,25+,26?/m0/s1. The minimum absolute atomic E-state index is 0.125. The number of halogens is 1. The number of piperidine rings is 1. The Kier molecular flexibility index (Phi) is 7.51. The smallest absolute Gasteiger partial charge is 0.129 e. The molecule has 1 aliphatic heterocycles. The summed E-state index contributed by atoms with van der Waals surface area (Å²) in [5, 5.41) is 31.3. The lowest BCUT2D eigenvalue weighted by Crippen LogP contribution is -2.68. The predicted octanol–water partition coefficient (Wildman–Crippen LogP) is 3.75. The number of likely N-dealkylation sites (tertiary alicyclic amines) is 1. The van der Waals surface area contributed by atoms with Crippen LogP contribution in [-0.2, 0) is 11.3 Å². The summed E-state index contributed by atoms with van der Waals surface area (Å²) in [5.74, 6) is -0.254. The van der Waals surface area contributed by atoms with Gasteiger partial charge in [0.05, 0.1) is 31.0 Å². The molecule has 33 heavy (non-hydrogen) atoms. The lowest BCUT2D eigenvalue weighted by Gasteiger charge is -2.53. The molecule has 1 aliphatic carbocycles. The van der Waals surface area contributed by atoms with Crippen LogP contribution in [0.1, 0.15) is 44.6 Å². The molecule has 3 N–H and O–H groups in total. The predicted molar refractivity (Wildman–Crippen MR) is 126 cm³/mol. The molecule has 2 aliphatic rings. The summed E-state index contributed by atoms with van der Waals surface area (Å²) in [5.41, 5.74) is 1.26. The van der Waals surface area contributed by atoms with Gasteiger partial charge in [-0.25, -0.2) is 4.39 Å². The molecule has 5 nitrogen and oxygen atoms in total. The van der Waals surface area contributed by atoms with Gasteiger partial charge in [-0.05, 0) is 62.8 Å². The molecule has 0 radical (unpaired) electrons. The van der Waals surface area contributed by atoms with E-state index in [0.717, 1.165) is 43.2 Å². The van der Waals surface area contributed by atoms with E-state index in [1.165, 1.54) is 0 Å². The first kappa shape index (κ1) is 24.3. The molecule has 1 unspecified atom stereocenters. The van der Waals surface area contributed by atoms with Crippen LogP contribution < -0.4 is 0 Å². The van der Waals surface area contributed by atoms with Crippen LogP contribution in [0.3, 0.4) is 0 Å². The highest BCUT2D eigenvalue weighted by atomic mass is 19.1. The largest absolute Gasteiger partial charge is 0.394 e. The van der Waals surface area contributed by atoms with E-state index < -0.39 is 23.2 Å². The van der Waals surface area contributed by atoms with Crippen molar-refractivity contribution >= 4 is 0 Å². The Morgan fingerprint density at radius 1 is 1.03 bits per heavy atom. The van der Waals surface area contributed by atoms with Gasteiger partial charge in [-0.2, -0.15) is 0 Å². The summed E-state index contributed by atoms with van der Waals surface area (Å²) in [7, 11) is 0. The quantitative estimate of drug-likeness (QED) is 0.474. The van der Waals surface area contributed by atoms with Crippen LogP contribution in [0.2, 0.25) is 0 Å². The molecule has 4 rings (SSSR count). The summed E-state index contributed by atoms with van der Waals surface area (Å²) in [6, 6.07) is 15.0. The van der Waals surface area contributed by atoms with E-state index in [4.69, 9.17) is 4.74 Å². The minimum atomic E-state index is -0.717. The second-order valence-electron chi connectivity index (χ2n) is 9.90. The van der Waals surface area contributed by atoms with Gasteiger partial charge in [0, 0.05) is 24.1 Å². The molecule has 1 heterocycles. The molecule has 2 fully saturated rings. The summed E-state index contributed by atoms with van der Waals surface area (Å²) >= 11 is 0. The minimum Gasteiger partial charge on any atom is -0.394 e. The lowest BCUT2D eigenvalue weighted by atomic mass is 9.74. The van der Waals surface area contributed by atoms with E-state index in [1.807, 2.05) is 48.2 Å². The average molecular weight is 458 g/mol. The van der Waals surface area contributed by atoms with Crippen LogP contribution in [0.5, 0.6) is 0 Å². The van der Waals surface area contributed by atoms with Crippen molar-refractivity contribution in [3.05, 3.63) is 59.9 Å². The first-order valence-corrected chi connectivity index (χ1v) is 12.0. The van der Waals surface area contributed by atoms with Crippen molar-refractivity contribution in [2.75, 3.05) is 26.3 Å². The van der Waals surface area contributed by atoms with Crippen molar-refractivity contribution in [2.24, 2.45) is 5.41 Å². The first-order valence-electron chi connectivity index (χ1n) is 12.0. The molecule has 0 aromatic heterocycles. The van der Waals surface area contributed by atoms with Gasteiger partial charge in [-0.1, -0.05) is 42.5 Å². The normalized spacial score (nSPS) is 26.6. The monoisotopic (exact) mass is 457 g/mol. The van der Waals surface area contributed by atoms with E-state index in [1.54, 1.807) is 12.1 Å². The lowest BCUT2D eigenvalue weighted by molar-refractivity contribution is -0.164. The highest BCUT2D eigenvalue weighted by Gasteiger charge is 2.64. The molecule has 1 saturated carbocycles. The van der Waals surface area contributed by atoms with Crippen molar-refractivity contribution in [3.8, 4) is 11.1 Å². The molecule has 2 aromatic rings. The average Bonchev–Trinajstić information content (AvgIpc) is 3.64. The van der Waals surface area contributed by atoms with E-state index in [9.17, 15) is 19.7 Å². The van der Waals surface area contributed by atoms with E-state index in [2.05, 4.69) is 0 Å². The molecule has 2 aromatic carbocycles. The van der Waals surface area contributed by atoms with Crippen LogP contribution in [0.15, 0.2) is 48.5 Å². The molecule has 1 saturated heterocycles. The van der Waals surface area contributed by atoms with Crippen molar-refractivity contribution in [1.82, 2.24) is 4.90 Å². The number of β-amino-alcohol motifs (C(OH)–C–C–N with tert-alkyl or cyclic N) is 1. The van der Waals surface area contributed by atoms with E-state index >= 15 is 0 Å². The van der Waals surface area contributed by atoms with Gasteiger partial charge in [0.15, 0.2) is 0 Å². The first-order chi connectivity index (χ1) is 15.9. The highest BCUT2D eigenvalue weighted by Crippen LogP contribution is 2.57. The third-order valence-corrected chi connectivity index (χ3v) is 7.69. The van der Waals surface area contributed by atoms with Gasteiger partial charge in [0.1, 0.15) is 5.82 Å². The third-order valence-electron chi connectivity index (χ3n) is 7.69. The zero-order valence-corrected chi connectivity index (χ0v) is 19.4. The SMILES string of the molecule is CC1(CO)[C@@H](O)C2(CC2)[C@@H](O)CN1CCCCCOCc1ccc(-c2ccccc2)cc1F. The van der Waals surface area contributed by atoms with Crippen LogP contribution >= 0.6 is 0 Å². The number of nitrogens with zero attached hydrogens (tertiary/aromatic N) is 1. The highest BCUT2D eigenvalue weighted by molar-refractivity contribution is 5.63. The van der Waals surface area contributed by atoms with Crippen LogP contribution in [-0.4, -0.2) is 64.3 Å². The number of unbranched alkanes of at least 4 members (excludes halogenated alkanes) is 2. The number of ether oxygens (including phenoxy) is 1. The van der Waals surface area contributed by atoms with Crippen molar-refractivity contribution in [3.63, 3.8) is 0 Å². The van der Waals surface area contributed by atoms with Gasteiger partial charge in [0.2, 0.25) is 0 Å². The third kappa shape index (κ3) is 5.00. The van der Waals surface area contributed by atoms with Gasteiger partial charge in [-0.15, -0.1) is 0 Å². The number of hydrogen-bond donors (Lipinski definition) is 3. The zero-order valence-electron chi connectivity index (χ0n) is 19.4. The number of benzene rings is 2. The Morgan fingerprint density at radius 2 is 1.79 bits per heavy atom. The Bertz CT molecular complexity index is 920. The Morgan fingerprint density at radius 3 is 2.45 bits per heavy atom. The Labute approximate surface area is 195 Å². The summed E-state index contributed by atoms with van der Waals surface area (Å²) < 4.78 is 20.1. The molecule has 0 amide bonds. The van der Waals surface area contributed by atoms with Gasteiger partial charge < -0.3 is 20.1 Å². The second kappa shape index (κ2) is 10.2. The zero-order chi connectivity index (χ0) is 23.5. The summed E-state index contributed by atoms with van der Waals surface area (Å²) in [6.45, 7) is 3.76. The maximum absolute atomic E-state index is 14.5. The van der Waals surface area contributed by atoms with Crippen LogP contribution in [0.4, 0.5) is 4.39 Å². The van der Waals surface area contributed by atoms with Gasteiger partial charge >= 0.3 is 0 Å².